The summed E-state index contributed by atoms with van der Waals surface area (Å²) < 4.78 is 38.9. The van der Waals surface area contributed by atoms with Crippen molar-refractivity contribution in [1.82, 2.24) is 4.98 Å². The molecular weight excluding hydrogens is 295 g/mol. The monoisotopic (exact) mass is 313 g/mol. The van der Waals surface area contributed by atoms with Crippen molar-refractivity contribution in [2.24, 2.45) is 11.0 Å². The fraction of sp³-hybridized carbons (Fsp3) is 0.600. The van der Waals surface area contributed by atoms with Gasteiger partial charge in [-0.25, -0.2) is 13.2 Å². The maximum absolute atomic E-state index is 13.0. The second-order valence-electron chi connectivity index (χ2n) is 5.92. The zero-order chi connectivity index (χ0) is 15.7. The van der Waals surface area contributed by atoms with E-state index in [4.69, 9.17) is 0 Å². The predicted molar refractivity (Wildman–Crippen MR) is 76.8 cm³/mol. The van der Waals surface area contributed by atoms with Crippen molar-refractivity contribution < 1.29 is 18.3 Å². The molecule has 1 fully saturated rings. The van der Waals surface area contributed by atoms with Crippen LogP contribution in [-0.4, -0.2) is 35.4 Å². The van der Waals surface area contributed by atoms with Gasteiger partial charge in [0.25, 0.3) is 6.43 Å². The van der Waals surface area contributed by atoms with Crippen LogP contribution in [0.25, 0.3) is 0 Å². The van der Waals surface area contributed by atoms with E-state index in [0.717, 1.165) is 31.9 Å². The third-order valence-electron chi connectivity index (χ3n) is 4.53. The first-order valence-electron chi connectivity index (χ1n) is 7.41. The van der Waals surface area contributed by atoms with E-state index in [9.17, 15) is 18.3 Å². The number of halogens is 3. The summed E-state index contributed by atoms with van der Waals surface area (Å²) in [6.45, 7) is -1.56. The number of aliphatic hydroxyl groups is 1. The zero-order valence-electron chi connectivity index (χ0n) is 12.0. The molecule has 0 spiro atoms. The highest BCUT2D eigenvalue weighted by Crippen LogP contribution is 2.36. The molecule has 0 amide bonds. The normalized spacial score (nSPS) is 27.0. The van der Waals surface area contributed by atoms with Crippen molar-refractivity contribution in [2.45, 2.75) is 43.8 Å². The van der Waals surface area contributed by atoms with Gasteiger partial charge in [0.2, 0.25) is 0 Å². The Hall–Kier alpha value is -1.63. The topological polar surface area (TPSA) is 48.7 Å². The molecule has 2 heterocycles. The van der Waals surface area contributed by atoms with E-state index in [-0.39, 0.29) is 11.6 Å². The molecule has 0 saturated heterocycles. The fourth-order valence-electron chi connectivity index (χ4n) is 3.17. The molecule has 1 N–H and O–H groups in total. The van der Waals surface area contributed by atoms with Gasteiger partial charge < -0.3 is 5.11 Å². The van der Waals surface area contributed by atoms with E-state index >= 15 is 0 Å². The molecule has 2 aliphatic rings. The summed E-state index contributed by atoms with van der Waals surface area (Å²) in [6.07, 6.45) is 5.52. The van der Waals surface area contributed by atoms with Crippen LogP contribution in [0.5, 0.6) is 0 Å². The molecule has 3 unspecified atom stereocenters. The molecule has 1 aromatic rings. The average molecular weight is 313 g/mol. The van der Waals surface area contributed by atoms with Crippen LogP contribution >= 0.6 is 0 Å². The minimum Gasteiger partial charge on any atom is -0.377 e. The molecule has 1 aliphatic carbocycles. The first-order chi connectivity index (χ1) is 10.6. The summed E-state index contributed by atoms with van der Waals surface area (Å²) in [6, 6.07) is 1.54. The number of hydrazone groups is 1. The first-order valence-corrected chi connectivity index (χ1v) is 7.41. The van der Waals surface area contributed by atoms with Gasteiger partial charge in [0.05, 0.1) is 17.9 Å². The highest BCUT2D eigenvalue weighted by Gasteiger charge is 2.41. The highest BCUT2D eigenvalue weighted by atomic mass is 19.3. The van der Waals surface area contributed by atoms with Crippen LogP contribution in [0.3, 0.4) is 0 Å². The maximum Gasteiger partial charge on any atom is 0.273 e. The summed E-state index contributed by atoms with van der Waals surface area (Å²) >= 11 is 0. The van der Waals surface area contributed by atoms with Gasteiger partial charge in [0.1, 0.15) is 6.67 Å². The Morgan fingerprint density at radius 2 is 2.09 bits per heavy atom. The van der Waals surface area contributed by atoms with Crippen LogP contribution in [0.1, 0.15) is 31.2 Å². The van der Waals surface area contributed by atoms with E-state index in [0.29, 0.717) is 11.6 Å². The van der Waals surface area contributed by atoms with Crippen LogP contribution in [0, 0.1) is 5.92 Å². The van der Waals surface area contributed by atoms with Gasteiger partial charge >= 0.3 is 0 Å². The number of pyridine rings is 1. The van der Waals surface area contributed by atoms with Gasteiger partial charge in [-0.05, 0) is 18.9 Å². The van der Waals surface area contributed by atoms with Crippen LogP contribution in [-0.2, 0) is 5.60 Å². The standard InChI is InChI=1S/C15H18F3N3O/c16-9-15(22,14(17)18)11-5-12(8-19-7-11)21-13-4-2-1-3-10(13)6-20-21/h5-8,10,13-14,22H,1-4,9H2. The van der Waals surface area contributed by atoms with Gasteiger partial charge in [-0.1, -0.05) is 12.8 Å². The van der Waals surface area contributed by atoms with E-state index in [1.807, 2.05) is 6.21 Å². The summed E-state index contributed by atoms with van der Waals surface area (Å²) in [5.74, 6) is 0.354. The first kappa shape index (κ1) is 15.3. The van der Waals surface area contributed by atoms with Crippen LogP contribution in [0.2, 0.25) is 0 Å². The summed E-state index contributed by atoms with van der Waals surface area (Å²) in [4.78, 5) is 3.89. The number of nitrogens with zero attached hydrogens (tertiary/aromatic N) is 3. The van der Waals surface area contributed by atoms with Gasteiger partial charge in [-0.3, -0.25) is 9.99 Å². The number of aromatic nitrogens is 1. The molecule has 3 atom stereocenters. The molecule has 3 rings (SSSR count). The maximum atomic E-state index is 13.0. The van der Waals surface area contributed by atoms with Gasteiger partial charge in [-0.15, -0.1) is 0 Å². The molecule has 0 radical (unpaired) electrons. The Balaban J connectivity index is 1.90. The fourth-order valence-corrected chi connectivity index (χ4v) is 3.17. The Bertz CT molecular complexity index is 569. The Kier molecular flexibility index (Phi) is 4.08. The van der Waals surface area contributed by atoms with Crippen LogP contribution in [0.15, 0.2) is 23.6 Å². The van der Waals surface area contributed by atoms with Gasteiger partial charge in [0.15, 0.2) is 5.60 Å². The Labute approximate surface area is 126 Å². The third kappa shape index (κ3) is 2.47. The second kappa shape index (κ2) is 5.87. The van der Waals surface area contributed by atoms with Crippen molar-refractivity contribution in [3.8, 4) is 0 Å². The molecule has 0 aromatic carbocycles. The van der Waals surface area contributed by atoms with E-state index in [2.05, 4.69) is 10.1 Å². The molecular formula is C15H18F3N3O. The summed E-state index contributed by atoms with van der Waals surface area (Å²) in [7, 11) is 0. The van der Waals surface area contributed by atoms with Gasteiger partial charge in [0, 0.05) is 23.9 Å². The number of rotatable bonds is 4. The number of fused-ring (bicyclic) bond motifs is 1. The quantitative estimate of drug-likeness (QED) is 0.930. The van der Waals surface area contributed by atoms with Crippen molar-refractivity contribution in [3.63, 3.8) is 0 Å². The molecule has 1 aromatic heterocycles. The lowest BCUT2D eigenvalue weighted by Crippen LogP contribution is -2.38. The lowest BCUT2D eigenvalue weighted by atomic mass is 9.86. The average Bonchev–Trinajstić information content (AvgIpc) is 2.98. The SMILES string of the molecule is OC(CF)(c1cncc(N2N=CC3CCCCC32)c1)C(F)F. The minimum atomic E-state index is -3.22. The van der Waals surface area contributed by atoms with Crippen molar-refractivity contribution in [2.75, 3.05) is 11.7 Å². The minimum absolute atomic E-state index is 0.191. The highest BCUT2D eigenvalue weighted by molar-refractivity contribution is 5.70. The number of alkyl halides is 3. The molecule has 1 aliphatic heterocycles. The summed E-state index contributed by atoms with van der Waals surface area (Å²) in [5, 5.41) is 16.0. The smallest absolute Gasteiger partial charge is 0.273 e. The molecule has 4 nitrogen and oxygen atoms in total. The van der Waals surface area contributed by atoms with Crippen molar-refractivity contribution >= 4 is 11.9 Å². The van der Waals surface area contributed by atoms with Gasteiger partial charge in [-0.2, -0.15) is 5.10 Å². The van der Waals surface area contributed by atoms with Crippen LogP contribution in [0.4, 0.5) is 18.9 Å². The zero-order valence-corrected chi connectivity index (χ0v) is 12.0. The number of hydrogen-bond acceptors (Lipinski definition) is 4. The van der Waals surface area contributed by atoms with E-state index in [1.54, 1.807) is 5.01 Å². The molecule has 120 valence electrons. The molecule has 0 bridgehead atoms. The summed E-state index contributed by atoms with van der Waals surface area (Å²) in [5.41, 5.74) is -2.54. The Morgan fingerprint density at radius 1 is 1.32 bits per heavy atom. The lowest BCUT2D eigenvalue weighted by molar-refractivity contribution is -0.114. The van der Waals surface area contributed by atoms with Crippen molar-refractivity contribution in [1.29, 1.82) is 0 Å². The third-order valence-corrected chi connectivity index (χ3v) is 4.53. The van der Waals surface area contributed by atoms with E-state index in [1.165, 1.54) is 12.3 Å². The van der Waals surface area contributed by atoms with Crippen molar-refractivity contribution in [3.05, 3.63) is 24.0 Å². The Morgan fingerprint density at radius 3 is 2.82 bits per heavy atom. The molecule has 7 heteroatoms. The predicted octanol–water partition coefficient (Wildman–Crippen LogP) is 2.87. The largest absolute Gasteiger partial charge is 0.377 e. The molecule has 1 saturated carbocycles. The van der Waals surface area contributed by atoms with Crippen LogP contribution < -0.4 is 5.01 Å². The lowest BCUT2D eigenvalue weighted by Gasteiger charge is -2.31. The number of anilines is 1. The molecule has 22 heavy (non-hydrogen) atoms. The second-order valence-corrected chi connectivity index (χ2v) is 5.92. The van der Waals surface area contributed by atoms with E-state index < -0.39 is 18.7 Å². The number of hydrogen-bond donors (Lipinski definition) is 1.